The highest BCUT2D eigenvalue weighted by Crippen LogP contribution is 2.37. The van der Waals surface area contributed by atoms with Gasteiger partial charge in [-0.05, 0) is 52.7 Å². The first-order valence-electron chi connectivity index (χ1n) is 7.90. The zero-order chi connectivity index (χ0) is 16.1. The lowest BCUT2D eigenvalue weighted by Gasteiger charge is -2.27. The molecule has 22 heavy (non-hydrogen) atoms. The number of pyridine rings is 1. The second-order valence-corrected chi connectivity index (χ2v) is 7.53. The van der Waals surface area contributed by atoms with E-state index in [1.54, 1.807) is 0 Å². The number of fused-ring (bicyclic) bond motifs is 1. The van der Waals surface area contributed by atoms with E-state index < -0.39 is 0 Å². The van der Waals surface area contributed by atoms with Crippen molar-refractivity contribution in [3.8, 4) is 0 Å². The van der Waals surface area contributed by atoms with E-state index in [-0.39, 0.29) is 11.2 Å². The third kappa shape index (κ3) is 2.75. The maximum atomic E-state index is 6.14. The number of aromatic nitrogens is 3. The summed E-state index contributed by atoms with van der Waals surface area (Å²) in [6.07, 6.45) is 2.95. The van der Waals surface area contributed by atoms with Crippen molar-refractivity contribution in [3.05, 3.63) is 23.5 Å². The smallest absolute Gasteiger partial charge is 0.157 e. The number of nitrogens with zero attached hydrogens (tertiary/aromatic N) is 3. The summed E-state index contributed by atoms with van der Waals surface area (Å²) in [5, 5.41) is 9.20. The zero-order valence-corrected chi connectivity index (χ0v) is 14.4. The van der Waals surface area contributed by atoms with E-state index >= 15 is 0 Å². The number of hydrogen-bond acceptors (Lipinski definition) is 4. The van der Waals surface area contributed by atoms with Gasteiger partial charge in [0.25, 0.3) is 0 Å². The van der Waals surface area contributed by atoms with Gasteiger partial charge >= 0.3 is 0 Å². The van der Waals surface area contributed by atoms with Crippen LogP contribution in [0.15, 0.2) is 12.3 Å². The van der Waals surface area contributed by atoms with Crippen LogP contribution in [-0.2, 0) is 18.3 Å². The van der Waals surface area contributed by atoms with Crippen molar-refractivity contribution in [2.24, 2.45) is 7.05 Å². The quantitative estimate of drug-likeness (QED) is 0.947. The summed E-state index contributed by atoms with van der Waals surface area (Å²) in [5.74, 6) is 0. The first kappa shape index (κ1) is 15.4. The van der Waals surface area contributed by atoms with Gasteiger partial charge in [0.1, 0.15) is 0 Å². The van der Waals surface area contributed by atoms with Gasteiger partial charge in [0, 0.05) is 31.2 Å². The molecule has 0 radical (unpaired) electrons. The molecule has 3 heterocycles. The van der Waals surface area contributed by atoms with Crippen molar-refractivity contribution in [1.29, 1.82) is 0 Å². The molecule has 1 aliphatic rings. The predicted octanol–water partition coefficient (Wildman–Crippen LogP) is 2.71. The van der Waals surface area contributed by atoms with Crippen LogP contribution in [-0.4, -0.2) is 32.0 Å². The predicted molar refractivity (Wildman–Crippen MR) is 87.7 cm³/mol. The normalized spacial score (nSPS) is 23.3. The molecule has 0 bridgehead atoms. The third-order valence-corrected chi connectivity index (χ3v) is 4.55. The van der Waals surface area contributed by atoms with Crippen LogP contribution in [0.5, 0.6) is 0 Å². The molecule has 1 fully saturated rings. The summed E-state index contributed by atoms with van der Waals surface area (Å²) in [7, 11) is 1.93. The summed E-state index contributed by atoms with van der Waals surface area (Å²) in [5.41, 5.74) is 2.93. The fourth-order valence-electron chi connectivity index (χ4n) is 3.57. The lowest BCUT2D eigenvalue weighted by atomic mass is 9.94. The average Bonchev–Trinajstić information content (AvgIpc) is 2.79. The minimum absolute atomic E-state index is 0.0662. The third-order valence-electron chi connectivity index (χ3n) is 4.55. The molecular formula is C17H26N4O. The van der Waals surface area contributed by atoms with Gasteiger partial charge in [0.15, 0.2) is 5.65 Å². The van der Waals surface area contributed by atoms with Crippen molar-refractivity contribution in [1.82, 2.24) is 20.1 Å². The van der Waals surface area contributed by atoms with E-state index in [1.807, 2.05) is 24.9 Å². The van der Waals surface area contributed by atoms with Gasteiger partial charge in [-0.1, -0.05) is 0 Å². The maximum Gasteiger partial charge on any atom is 0.157 e. The van der Waals surface area contributed by atoms with Crippen LogP contribution in [0.1, 0.15) is 45.4 Å². The highest BCUT2D eigenvalue weighted by atomic mass is 16.5. The Bertz CT molecular complexity index is 702. The molecule has 5 nitrogen and oxygen atoms in total. The highest BCUT2D eigenvalue weighted by molar-refractivity contribution is 5.78. The van der Waals surface area contributed by atoms with Crippen molar-refractivity contribution in [3.63, 3.8) is 0 Å². The molecule has 0 saturated carbocycles. The first-order chi connectivity index (χ1) is 10.2. The van der Waals surface area contributed by atoms with E-state index in [0.717, 1.165) is 29.7 Å². The van der Waals surface area contributed by atoms with E-state index in [2.05, 4.69) is 49.2 Å². The summed E-state index contributed by atoms with van der Waals surface area (Å²) in [6, 6.07) is 2.53. The molecule has 2 aromatic rings. The minimum Gasteiger partial charge on any atom is -0.368 e. The Labute approximate surface area is 132 Å². The summed E-state index contributed by atoms with van der Waals surface area (Å²) < 4.78 is 7.97. The van der Waals surface area contributed by atoms with Gasteiger partial charge in [-0.3, -0.25) is 4.68 Å². The SMILES string of the molecule is Cc1nn(C)c2ncc(CNC3CC(C)(C)OC3(C)C)cc12. The van der Waals surface area contributed by atoms with Gasteiger partial charge in [-0.25, -0.2) is 4.98 Å². The number of hydrogen-bond donors (Lipinski definition) is 1. The van der Waals surface area contributed by atoms with Gasteiger partial charge in [0.2, 0.25) is 0 Å². The Morgan fingerprint density at radius 2 is 2.09 bits per heavy atom. The molecule has 5 heteroatoms. The Hall–Kier alpha value is -1.46. The Morgan fingerprint density at radius 1 is 1.36 bits per heavy atom. The van der Waals surface area contributed by atoms with Crippen molar-refractivity contribution in [2.45, 2.75) is 64.8 Å². The average molecular weight is 302 g/mol. The van der Waals surface area contributed by atoms with Crippen molar-refractivity contribution in [2.75, 3.05) is 0 Å². The lowest BCUT2D eigenvalue weighted by molar-refractivity contribution is -0.0699. The van der Waals surface area contributed by atoms with Gasteiger partial charge in [-0.15, -0.1) is 0 Å². The largest absolute Gasteiger partial charge is 0.368 e. The molecule has 1 N–H and O–H groups in total. The van der Waals surface area contributed by atoms with Crippen LogP contribution in [0.4, 0.5) is 0 Å². The second-order valence-electron chi connectivity index (χ2n) is 7.53. The fourth-order valence-corrected chi connectivity index (χ4v) is 3.57. The molecule has 0 amide bonds. The zero-order valence-electron chi connectivity index (χ0n) is 14.4. The fraction of sp³-hybridized carbons (Fsp3) is 0.647. The van der Waals surface area contributed by atoms with Crippen LogP contribution in [0.3, 0.4) is 0 Å². The van der Waals surface area contributed by atoms with Gasteiger partial charge in [0.05, 0.1) is 16.9 Å². The van der Waals surface area contributed by atoms with Crippen LogP contribution in [0, 0.1) is 6.92 Å². The highest BCUT2D eigenvalue weighted by Gasteiger charge is 2.45. The van der Waals surface area contributed by atoms with Crippen LogP contribution in [0.2, 0.25) is 0 Å². The van der Waals surface area contributed by atoms with Crippen molar-refractivity contribution >= 4 is 11.0 Å². The Balaban J connectivity index is 1.76. The molecule has 1 saturated heterocycles. The van der Waals surface area contributed by atoms with E-state index in [0.29, 0.717) is 6.04 Å². The summed E-state index contributed by atoms with van der Waals surface area (Å²) in [4.78, 5) is 4.54. The van der Waals surface area contributed by atoms with Crippen molar-refractivity contribution < 1.29 is 4.74 Å². The van der Waals surface area contributed by atoms with E-state index in [4.69, 9.17) is 4.74 Å². The Kier molecular flexibility index (Phi) is 3.53. The Morgan fingerprint density at radius 3 is 2.73 bits per heavy atom. The monoisotopic (exact) mass is 302 g/mol. The maximum absolute atomic E-state index is 6.14. The summed E-state index contributed by atoms with van der Waals surface area (Å²) in [6.45, 7) is 11.5. The summed E-state index contributed by atoms with van der Waals surface area (Å²) >= 11 is 0. The number of ether oxygens (including phenoxy) is 1. The van der Waals surface area contributed by atoms with E-state index in [9.17, 15) is 0 Å². The van der Waals surface area contributed by atoms with E-state index in [1.165, 1.54) is 5.56 Å². The molecule has 1 atom stereocenters. The topological polar surface area (TPSA) is 52.0 Å². The molecule has 120 valence electrons. The number of rotatable bonds is 3. The minimum atomic E-state index is -0.148. The number of nitrogens with one attached hydrogen (secondary N) is 1. The molecule has 1 aliphatic heterocycles. The molecule has 1 unspecified atom stereocenters. The standard InChI is InChI=1S/C17H26N4O/c1-11-13-7-12(10-19-15(13)21(6)20-11)9-18-14-8-16(2,3)22-17(14,4)5/h7,10,14,18H,8-9H2,1-6H3. The van der Waals surface area contributed by atoms with Gasteiger partial charge < -0.3 is 10.1 Å². The lowest BCUT2D eigenvalue weighted by Crippen LogP contribution is -2.42. The second kappa shape index (κ2) is 5.03. The van der Waals surface area contributed by atoms with Crippen LogP contribution in [0.25, 0.3) is 11.0 Å². The molecule has 0 aliphatic carbocycles. The molecular weight excluding hydrogens is 276 g/mol. The molecule has 2 aromatic heterocycles. The molecule has 0 spiro atoms. The molecule has 3 rings (SSSR count). The van der Waals surface area contributed by atoms with Gasteiger partial charge in [-0.2, -0.15) is 5.10 Å². The molecule has 0 aromatic carbocycles. The first-order valence-corrected chi connectivity index (χ1v) is 7.90. The number of aryl methyl sites for hydroxylation is 2. The van der Waals surface area contributed by atoms with Crippen LogP contribution >= 0.6 is 0 Å². The van der Waals surface area contributed by atoms with Crippen LogP contribution < -0.4 is 5.32 Å².